The van der Waals surface area contributed by atoms with Crippen LogP contribution in [0.3, 0.4) is 0 Å². The van der Waals surface area contributed by atoms with Gasteiger partial charge in [0, 0.05) is 12.7 Å². The Balaban J connectivity index is 1.94. The minimum Gasteiger partial charge on any atom is -0.478 e. The van der Waals surface area contributed by atoms with Crippen LogP contribution < -0.4 is 5.32 Å². The molecule has 0 aliphatic carbocycles. The first kappa shape index (κ1) is 15.2. The molecule has 0 aromatic carbocycles. The Morgan fingerprint density at radius 2 is 2.29 bits per heavy atom. The molecule has 2 atom stereocenters. The van der Waals surface area contributed by atoms with Gasteiger partial charge in [0.25, 0.3) is 0 Å². The van der Waals surface area contributed by atoms with Crippen molar-refractivity contribution >= 4 is 12.0 Å². The molecule has 0 bridgehead atoms. The Hall–Kier alpha value is -2.15. The van der Waals surface area contributed by atoms with Gasteiger partial charge in [0.1, 0.15) is 0 Å². The van der Waals surface area contributed by atoms with Crippen LogP contribution in [0.5, 0.6) is 0 Å². The molecule has 0 saturated carbocycles. The normalized spacial score (nSPS) is 21.9. The van der Waals surface area contributed by atoms with Crippen molar-refractivity contribution in [3.8, 4) is 0 Å². The van der Waals surface area contributed by atoms with Crippen LogP contribution in [0.2, 0.25) is 0 Å². The molecule has 7 heteroatoms. The third-order valence-corrected chi connectivity index (χ3v) is 3.35. The van der Waals surface area contributed by atoms with Gasteiger partial charge in [0.05, 0.1) is 36.6 Å². The molecular weight excluding hydrogens is 274 g/mol. The highest BCUT2D eigenvalue weighted by molar-refractivity contribution is 5.87. The average Bonchev–Trinajstić information content (AvgIpc) is 2.47. The molecule has 7 nitrogen and oxygen atoms in total. The van der Waals surface area contributed by atoms with Crippen LogP contribution in [-0.4, -0.2) is 52.3 Å². The van der Waals surface area contributed by atoms with Gasteiger partial charge in [-0.1, -0.05) is 0 Å². The molecule has 1 aliphatic rings. The molecule has 1 fully saturated rings. The lowest BCUT2D eigenvalue weighted by atomic mass is 10.2. The molecule has 114 valence electrons. The minimum atomic E-state index is -1.01. The molecule has 1 saturated heterocycles. The highest BCUT2D eigenvalue weighted by atomic mass is 16.5. The van der Waals surface area contributed by atoms with Gasteiger partial charge in [-0.3, -0.25) is 4.98 Å². The molecule has 0 spiro atoms. The number of amides is 2. The number of aromatic carboxylic acids is 1. The summed E-state index contributed by atoms with van der Waals surface area (Å²) in [6, 6.07) is 2.69. The lowest BCUT2D eigenvalue weighted by Crippen LogP contribution is -2.53. The standard InChI is InChI=1S/C14H19N3O4/c1-9-8-21-10(2)7-17(9)14(20)16-6-12-5-11(13(18)19)3-4-15-12/h3-5,9-10H,6-8H2,1-2H3,(H,16,20)(H,18,19). The summed E-state index contributed by atoms with van der Waals surface area (Å²) in [5.74, 6) is -1.01. The monoisotopic (exact) mass is 293 g/mol. The zero-order valence-electron chi connectivity index (χ0n) is 12.1. The third-order valence-electron chi connectivity index (χ3n) is 3.35. The maximum Gasteiger partial charge on any atom is 0.335 e. The van der Waals surface area contributed by atoms with E-state index in [1.54, 1.807) is 4.90 Å². The Bertz CT molecular complexity index is 535. The van der Waals surface area contributed by atoms with Crippen LogP contribution >= 0.6 is 0 Å². The number of carboxylic acids is 1. The van der Waals surface area contributed by atoms with E-state index in [2.05, 4.69) is 10.3 Å². The number of hydrogen-bond donors (Lipinski definition) is 2. The second kappa shape index (κ2) is 6.53. The van der Waals surface area contributed by atoms with Crippen molar-refractivity contribution in [2.75, 3.05) is 13.2 Å². The number of carboxylic acid groups (broad SMARTS) is 1. The summed E-state index contributed by atoms with van der Waals surface area (Å²) < 4.78 is 5.48. The van der Waals surface area contributed by atoms with Gasteiger partial charge in [-0.25, -0.2) is 9.59 Å². The summed E-state index contributed by atoms with van der Waals surface area (Å²) >= 11 is 0. The smallest absolute Gasteiger partial charge is 0.335 e. The fraction of sp³-hybridized carbons (Fsp3) is 0.500. The summed E-state index contributed by atoms with van der Waals surface area (Å²) in [6.45, 7) is 5.09. The van der Waals surface area contributed by atoms with Crippen LogP contribution in [0.25, 0.3) is 0 Å². The topological polar surface area (TPSA) is 91.8 Å². The second-order valence-electron chi connectivity index (χ2n) is 5.15. The first-order valence-corrected chi connectivity index (χ1v) is 6.81. The first-order valence-electron chi connectivity index (χ1n) is 6.81. The van der Waals surface area contributed by atoms with Crippen molar-refractivity contribution in [2.45, 2.75) is 32.5 Å². The van der Waals surface area contributed by atoms with Crippen molar-refractivity contribution in [1.29, 1.82) is 0 Å². The number of carbonyl (C=O) groups excluding carboxylic acids is 1. The van der Waals surface area contributed by atoms with E-state index in [-0.39, 0.29) is 30.3 Å². The summed E-state index contributed by atoms with van der Waals surface area (Å²) in [7, 11) is 0. The minimum absolute atomic E-state index is 0.0134. The van der Waals surface area contributed by atoms with Crippen molar-refractivity contribution < 1.29 is 19.4 Å². The number of hydrogen-bond acceptors (Lipinski definition) is 4. The predicted octanol–water partition coefficient (Wildman–Crippen LogP) is 1.10. The summed E-state index contributed by atoms with van der Waals surface area (Å²) in [5.41, 5.74) is 0.667. The fourth-order valence-corrected chi connectivity index (χ4v) is 2.16. The number of ether oxygens (including phenoxy) is 1. The number of urea groups is 1. The summed E-state index contributed by atoms with van der Waals surface area (Å²) in [5, 5.41) is 11.7. The van der Waals surface area contributed by atoms with E-state index in [1.807, 2.05) is 13.8 Å². The van der Waals surface area contributed by atoms with Gasteiger partial charge in [-0.15, -0.1) is 0 Å². The Kier molecular flexibility index (Phi) is 4.74. The summed E-state index contributed by atoms with van der Waals surface area (Å²) in [4.78, 5) is 28.8. The first-order chi connectivity index (χ1) is 9.97. The van der Waals surface area contributed by atoms with Gasteiger partial charge in [0.2, 0.25) is 0 Å². The van der Waals surface area contributed by atoms with E-state index in [0.717, 1.165) is 0 Å². The zero-order valence-corrected chi connectivity index (χ0v) is 12.1. The van der Waals surface area contributed by atoms with E-state index in [4.69, 9.17) is 9.84 Å². The van der Waals surface area contributed by atoms with E-state index < -0.39 is 5.97 Å². The largest absolute Gasteiger partial charge is 0.478 e. The zero-order chi connectivity index (χ0) is 15.4. The van der Waals surface area contributed by atoms with Crippen molar-refractivity contribution in [2.24, 2.45) is 0 Å². The Morgan fingerprint density at radius 3 is 3.00 bits per heavy atom. The predicted molar refractivity (Wildman–Crippen MR) is 75.0 cm³/mol. The van der Waals surface area contributed by atoms with Crippen LogP contribution in [0.4, 0.5) is 4.79 Å². The molecule has 1 aromatic heterocycles. The van der Waals surface area contributed by atoms with Crippen LogP contribution in [0, 0.1) is 0 Å². The van der Waals surface area contributed by atoms with E-state index in [0.29, 0.717) is 18.8 Å². The maximum atomic E-state index is 12.2. The number of nitrogens with one attached hydrogen (secondary N) is 1. The van der Waals surface area contributed by atoms with Crippen molar-refractivity contribution in [1.82, 2.24) is 15.2 Å². The van der Waals surface area contributed by atoms with Gasteiger partial charge in [-0.05, 0) is 26.0 Å². The number of nitrogens with zero attached hydrogens (tertiary/aromatic N) is 2. The van der Waals surface area contributed by atoms with Gasteiger partial charge in [0.15, 0.2) is 0 Å². The quantitative estimate of drug-likeness (QED) is 0.870. The molecular formula is C14H19N3O4. The van der Waals surface area contributed by atoms with Gasteiger partial charge < -0.3 is 20.1 Å². The number of aromatic nitrogens is 1. The lowest BCUT2D eigenvalue weighted by molar-refractivity contribution is -0.0318. The van der Waals surface area contributed by atoms with E-state index >= 15 is 0 Å². The number of rotatable bonds is 3. The Labute approximate surface area is 122 Å². The molecule has 2 unspecified atom stereocenters. The third kappa shape index (κ3) is 3.91. The van der Waals surface area contributed by atoms with Crippen LogP contribution in [0.1, 0.15) is 29.9 Å². The highest BCUT2D eigenvalue weighted by Gasteiger charge is 2.27. The molecule has 2 N–H and O–H groups in total. The number of carbonyl (C=O) groups is 2. The molecule has 2 heterocycles. The lowest BCUT2D eigenvalue weighted by Gasteiger charge is -2.36. The van der Waals surface area contributed by atoms with Crippen molar-refractivity contribution in [3.63, 3.8) is 0 Å². The second-order valence-corrected chi connectivity index (χ2v) is 5.15. The molecule has 1 aliphatic heterocycles. The molecule has 2 amide bonds. The van der Waals surface area contributed by atoms with Crippen molar-refractivity contribution in [3.05, 3.63) is 29.6 Å². The van der Waals surface area contributed by atoms with E-state index in [1.165, 1.54) is 18.3 Å². The summed E-state index contributed by atoms with van der Waals surface area (Å²) in [6.07, 6.45) is 1.44. The maximum absolute atomic E-state index is 12.2. The van der Waals surface area contributed by atoms with Crippen LogP contribution in [-0.2, 0) is 11.3 Å². The average molecular weight is 293 g/mol. The fourth-order valence-electron chi connectivity index (χ4n) is 2.16. The molecule has 0 radical (unpaired) electrons. The SMILES string of the molecule is CC1CN(C(=O)NCc2cc(C(=O)O)ccn2)C(C)CO1. The van der Waals surface area contributed by atoms with E-state index in [9.17, 15) is 9.59 Å². The van der Waals surface area contributed by atoms with Crippen LogP contribution in [0.15, 0.2) is 18.3 Å². The number of morpholine rings is 1. The highest BCUT2D eigenvalue weighted by Crippen LogP contribution is 2.11. The van der Waals surface area contributed by atoms with Gasteiger partial charge in [-0.2, -0.15) is 0 Å². The number of pyridine rings is 1. The van der Waals surface area contributed by atoms with Gasteiger partial charge >= 0.3 is 12.0 Å². The Morgan fingerprint density at radius 1 is 1.52 bits per heavy atom. The molecule has 1 aromatic rings. The molecule has 21 heavy (non-hydrogen) atoms. The molecule has 2 rings (SSSR count).